The summed E-state index contributed by atoms with van der Waals surface area (Å²) in [4.78, 5) is 25.7. The smallest absolute Gasteiger partial charge is 0.249 e. The lowest BCUT2D eigenvalue weighted by Crippen LogP contribution is -2.42. The number of ether oxygens (including phenoxy) is 1. The zero-order chi connectivity index (χ0) is 15.7. The van der Waals surface area contributed by atoms with Crippen molar-refractivity contribution in [3.63, 3.8) is 0 Å². The number of hydrogen-bond acceptors (Lipinski definition) is 3. The van der Waals surface area contributed by atoms with E-state index in [0.717, 1.165) is 63.6 Å². The van der Waals surface area contributed by atoms with Crippen molar-refractivity contribution in [2.24, 2.45) is 11.7 Å². The van der Waals surface area contributed by atoms with E-state index in [-0.39, 0.29) is 17.9 Å². The first kappa shape index (κ1) is 15.5. The first-order valence-corrected chi connectivity index (χ1v) is 8.49. The highest BCUT2D eigenvalue weighted by Gasteiger charge is 2.37. The fraction of sp³-hybridized carbons (Fsp3) is 0.765. The summed E-state index contributed by atoms with van der Waals surface area (Å²) in [5.41, 5.74) is 7.63. The van der Waals surface area contributed by atoms with Crippen LogP contribution in [0.3, 0.4) is 0 Å². The Labute approximate surface area is 131 Å². The Morgan fingerprint density at radius 3 is 2.41 bits per heavy atom. The van der Waals surface area contributed by atoms with E-state index in [4.69, 9.17) is 10.5 Å². The van der Waals surface area contributed by atoms with E-state index in [0.29, 0.717) is 5.92 Å². The zero-order valence-electron chi connectivity index (χ0n) is 13.3. The van der Waals surface area contributed by atoms with E-state index in [2.05, 4.69) is 6.92 Å². The average molecular weight is 306 g/mol. The van der Waals surface area contributed by atoms with Crippen molar-refractivity contribution < 1.29 is 14.3 Å². The van der Waals surface area contributed by atoms with Crippen LogP contribution in [0.2, 0.25) is 0 Å². The summed E-state index contributed by atoms with van der Waals surface area (Å²) in [5.74, 6) is 0.349. The maximum Gasteiger partial charge on any atom is 0.249 e. The largest absolute Gasteiger partial charge is 0.367 e. The van der Waals surface area contributed by atoms with Crippen LogP contribution in [-0.4, -0.2) is 42.0 Å². The number of likely N-dealkylation sites (tertiary alicyclic amines) is 1. The van der Waals surface area contributed by atoms with E-state index in [9.17, 15) is 9.59 Å². The molecule has 22 heavy (non-hydrogen) atoms. The molecule has 0 aromatic carbocycles. The maximum absolute atomic E-state index is 12.6. The van der Waals surface area contributed by atoms with Crippen LogP contribution in [0.1, 0.15) is 51.9 Å². The summed E-state index contributed by atoms with van der Waals surface area (Å²) in [6, 6.07) is 0. The summed E-state index contributed by atoms with van der Waals surface area (Å²) in [6.45, 7) is 3.70. The van der Waals surface area contributed by atoms with Crippen molar-refractivity contribution in [3.8, 4) is 0 Å². The fourth-order valence-corrected chi connectivity index (χ4v) is 4.07. The third-order valence-corrected chi connectivity index (χ3v) is 5.47. The van der Waals surface area contributed by atoms with Crippen LogP contribution in [0.15, 0.2) is 11.1 Å². The lowest BCUT2D eigenvalue weighted by atomic mass is 9.89. The maximum atomic E-state index is 12.6. The van der Waals surface area contributed by atoms with Crippen LogP contribution >= 0.6 is 0 Å². The Morgan fingerprint density at radius 1 is 1.14 bits per heavy atom. The van der Waals surface area contributed by atoms with Gasteiger partial charge in [-0.15, -0.1) is 0 Å². The number of piperidine rings is 1. The van der Waals surface area contributed by atoms with Crippen molar-refractivity contribution in [1.82, 2.24) is 4.90 Å². The van der Waals surface area contributed by atoms with E-state index >= 15 is 0 Å². The van der Waals surface area contributed by atoms with Gasteiger partial charge in [-0.2, -0.15) is 0 Å². The Hall–Kier alpha value is -1.36. The minimum Gasteiger partial charge on any atom is -0.367 e. The second-order valence-electron chi connectivity index (χ2n) is 6.88. The highest BCUT2D eigenvalue weighted by Crippen LogP contribution is 2.33. The molecule has 2 fully saturated rings. The van der Waals surface area contributed by atoms with E-state index < -0.39 is 6.10 Å². The molecule has 2 amide bonds. The van der Waals surface area contributed by atoms with Gasteiger partial charge in [-0.05, 0) is 57.8 Å². The molecule has 2 saturated heterocycles. The molecule has 2 N–H and O–H groups in total. The average Bonchev–Trinajstić information content (AvgIpc) is 3.15. The molecule has 122 valence electrons. The lowest BCUT2D eigenvalue weighted by molar-refractivity contribution is -0.131. The quantitative estimate of drug-likeness (QED) is 0.863. The summed E-state index contributed by atoms with van der Waals surface area (Å²) in [7, 11) is 0. The van der Waals surface area contributed by atoms with Gasteiger partial charge in [0.05, 0.1) is 6.10 Å². The van der Waals surface area contributed by atoms with Crippen LogP contribution in [-0.2, 0) is 14.3 Å². The molecule has 0 aromatic rings. The number of carbonyl (C=O) groups excluding carboxylic acids is 2. The van der Waals surface area contributed by atoms with Crippen molar-refractivity contribution in [3.05, 3.63) is 11.1 Å². The molecule has 0 bridgehead atoms. The number of carbonyl (C=O) groups is 2. The molecule has 0 aromatic heterocycles. The van der Waals surface area contributed by atoms with Gasteiger partial charge in [-0.25, -0.2) is 0 Å². The van der Waals surface area contributed by atoms with Gasteiger partial charge >= 0.3 is 0 Å². The van der Waals surface area contributed by atoms with Crippen molar-refractivity contribution in [2.75, 3.05) is 13.1 Å². The molecular weight excluding hydrogens is 280 g/mol. The summed E-state index contributed by atoms with van der Waals surface area (Å²) < 4.78 is 5.79. The predicted molar refractivity (Wildman–Crippen MR) is 82.9 cm³/mol. The van der Waals surface area contributed by atoms with Gasteiger partial charge in [-0.1, -0.05) is 5.57 Å². The summed E-state index contributed by atoms with van der Waals surface area (Å²) in [5, 5.41) is 0. The fourth-order valence-electron chi connectivity index (χ4n) is 4.07. The lowest BCUT2D eigenvalue weighted by Gasteiger charge is -2.35. The van der Waals surface area contributed by atoms with Gasteiger partial charge in [-0.3, -0.25) is 9.59 Å². The van der Waals surface area contributed by atoms with Crippen molar-refractivity contribution in [1.29, 1.82) is 0 Å². The second kappa shape index (κ2) is 6.41. The number of amides is 2. The molecule has 0 unspecified atom stereocenters. The van der Waals surface area contributed by atoms with Gasteiger partial charge in [0, 0.05) is 18.7 Å². The topological polar surface area (TPSA) is 72.6 Å². The van der Waals surface area contributed by atoms with Crippen LogP contribution in [0.4, 0.5) is 0 Å². The molecular formula is C17H26N2O3. The monoisotopic (exact) mass is 306 g/mol. The Balaban J connectivity index is 1.52. The minimum atomic E-state index is -0.407. The minimum absolute atomic E-state index is 0.141. The SMILES string of the molecule is CC1=C(C(=O)N2CCC([C@@H]3CC[C@H](C(N)=O)O3)CC2)CCC1. The van der Waals surface area contributed by atoms with Gasteiger partial charge < -0.3 is 15.4 Å². The van der Waals surface area contributed by atoms with Crippen LogP contribution in [0.25, 0.3) is 0 Å². The summed E-state index contributed by atoms with van der Waals surface area (Å²) >= 11 is 0. The van der Waals surface area contributed by atoms with Crippen molar-refractivity contribution in [2.45, 2.75) is 64.1 Å². The van der Waals surface area contributed by atoms with E-state index in [1.807, 2.05) is 4.90 Å². The third kappa shape index (κ3) is 3.05. The molecule has 5 heteroatoms. The van der Waals surface area contributed by atoms with Crippen LogP contribution < -0.4 is 5.73 Å². The number of rotatable bonds is 3. The van der Waals surface area contributed by atoms with Gasteiger partial charge in [0.25, 0.3) is 0 Å². The number of hydrogen-bond donors (Lipinski definition) is 1. The first-order chi connectivity index (χ1) is 10.6. The van der Waals surface area contributed by atoms with Gasteiger partial charge in [0.1, 0.15) is 6.10 Å². The molecule has 2 heterocycles. The van der Waals surface area contributed by atoms with E-state index in [1.165, 1.54) is 5.57 Å². The molecule has 3 rings (SSSR count). The predicted octanol–water partition coefficient (Wildman–Crippen LogP) is 1.76. The molecule has 0 saturated carbocycles. The van der Waals surface area contributed by atoms with Crippen LogP contribution in [0.5, 0.6) is 0 Å². The van der Waals surface area contributed by atoms with Crippen molar-refractivity contribution >= 4 is 11.8 Å². The standard InChI is InChI=1S/C17H26N2O3/c1-11-3-2-4-13(11)17(21)19-9-7-12(8-10-19)14-5-6-15(22-14)16(18)20/h12,14-15H,2-10H2,1H3,(H2,18,20)/t14-,15+/m0/s1. The highest BCUT2D eigenvalue weighted by molar-refractivity contribution is 5.94. The molecule has 5 nitrogen and oxygen atoms in total. The molecule has 2 aliphatic heterocycles. The Morgan fingerprint density at radius 2 is 1.86 bits per heavy atom. The second-order valence-corrected chi connectivity index (χ2v) is 6.88. The molecule has 1 aliphatic carbocycles. The van der Waals surface area contributed by atoms with Gasteiger partial charge in [0.15, 0.2) is 0 Å². The molecule has 0 radical (unpaired) electrons. The number of nitrogens with zero attached hydrogens (tertiary/aromatic N) is 1. The normalized spacial score (nSPS) is 30.1. The summed E-state index contributed by atoms with van der Waals surface area (Å²) in [6.07, 6.45) is 6.45. The number of allylic oxidation sites excluding steroid dienone is 1. The zero-order valence-corrected chi connectivity index (χ0v) is 13.3. The first-order valence-electron chi connectivity index (χ1n) is 8.49. The van der Waals surface area contributed by atoms with E-state index in [1.54, 1.807) is 0 Å². The highest BCUT2D eigenvalue weighted by atomic mass is 16.5. The van der Waals surface area contributed by atoms with Gasteiger partial charge in [0.2, 0.25) is 11.8 Å². The molecule has 3 aliphatic rings. The third-order valence-electron chi connectivity index (χ3n) is 5.47. The number of nitrogens with two attached hydrogens (primary N) is 1. The number of primary amides is 1. The van der Waals surface area contributed by atoms with Crippen LogP contribution in [0, 0.1) is 5.92 Å². The molecule has 0 spiro atoms. The molecule has 2 atom stereocenters. The Kier molecular flexibility index (Phi) is 4.52. The Bertz CT molecular complexity index is 492.